The van der Waals surface area contributed by atoms with Crippen molar-refractivity contribution in [3.05, 3.63) is 58.9 Å². The van der Waals surface area contributed by atoms with Gasteiger partial charge in [-0.05, 0) is 17.0 Å². The summed E-state index contributed by atoms with van der Waals surface area (Å²) in [6.45, 7) is 4.23. The van der Waals surface area contributed by atoms with Crippen LogP contribution in [0.15, 0.2) is 47.8 Å². The molecule has 0 saturated heterocycles. The number of esters is 2. The summed E-state index contributed by atoms with van der Waals surface area (Å²) in [5.74, 6) is -1.03. The highest BCUT2D eigenvalue weighted by Gasteiger charge is 2.34. The Balaban J connectivity index is 2.52. The Bertz CT molecular complexity index is 652. The second-order valence-electron chi connectivity index (χ2n) is 6.07. The smallest absolute Gasteiger partial charge is 0.336 e. The molecule has 0 unspecified atom stereocenters. The maximum Gasteiger partial charge on any atom is 0.336 e. The van der Waals surface area contributed by atoms with Crippen LogP contribution in [0.3, 0.4) is 0 Å². The Kier molecular flexibility index (Phi) is 5.44. The molecule has 0 amide bonds. The van der Waals surface area contributed by atoms with Crippen molar-refractivity contribution in [2.24, 2.45) is 0 Å². The molecule has 24 heavy (non-hydrogen) atoms. The zero-order valence-corrected chi connectivity index (χ0v) is 14.7. The lowest BCUT2D eigenvalue weighted by Crippen LogP contribution is -2.27. The van der Waals surface area contributed by atoms with Crippen LogP contribution in [0.1, 0.15) is 36.8 Å². The zero-order chi connectivity index (χ0) is 17.9. The first kappa shape index (κ1) is 17.8. The van der Waals surface area contributed by atoms with E-state index in [-0.39, 0.29) is 0 Å². The van der Waals surface area contributed by atoms with E-state index in [1.807, 2.05) is 24.3 Å². The molecule has 1 aromatic rings. The molecule has 0 N–H and O–H groups in total. The van der Waals surface area contributed by atoms with Gasteiger partial charge in [0.1, 0.15) is 0 Å². The van der Waals surface area contributed by atoms with Crippen LogP contribution in [0.2, 0.25) is 0 Å². The topological polar surface area (TPSA) is 55.8 Å². The first-order chi connectivity index (χ1) is 11.4. The molecule has 0 bridgehead atoms. The first-order valence-electron chi connectivity index (χ1n) is 7.80. The SMILES string of the molecule is COC(=O)C1=CN(C)C=C(C(=O)OC)C1c1ccc(C(C)C)cc1. The lowest BCUT2D eigenvalue weighted by molar-refractivity contribution is -0.137. The summed E-state index contributed by atoms with van der Waals surface area (Å²) in [7, 11) is 4.42. The van der Waals surface area contributed by atoms with Crippen molar-refractivity contribution in [2.75, 3.05) is 21.3 Å². The molecule has 5 heteroatoms. The second-order valence-corrected chi connectivity index (χ2v) is 6.07. The maximum atomic E-state index is 12.2. The molecule has 2 rings (SSSR count). The van der Waals surface area contributed by atoms with Crippen LogP contribution in [-0.4, -0.2) is 38.1 Å². The molecule has 1 aromatic carbocycles. The standard InChI is InChI=1S/C19H23NO4/c1-12(2)13-6-8-14(9-7-13)17-15(18(21)23-4)10-20(3)11-16(17)19(22)24-5/h6-12,17H,1-5H3. The van der Waals surface area contributed by atoms with Crippen molar-refractivity contribution in [3.63, 3.8) is 0 Å². The molecule has 1 aliphatic heterocycles. The summed E-state index contributed by atoms with van der Waals surface area (Å²) in [6.07, 6.45) is 3.36. The van der Waals surface area contributed by atoms with Gasteiger partial charge >= 0.3 is 11.9 Å². The van der Waals surface area contributed by atoms with Gasteiger partial charge in [-0.3, -0.25) is 0 Å². The first-order valence-corrected chi connectivity index (χ1v) is 7.80. The third-order valence-corrected chi connectivity index (χ3v) is 4.09. The Morgan fingerprint density at radius 2 is 1.42 bits per heavy atom. The van der Waals surface area contributed by atoms with E-state index in [0.717, 1.165) is 5.56 Å². The molecular formula is C19H23NO4. The number of ether oxygens (including phenoxy) is 2. The molecule has 0 spiro atoms. The quantitative estimate of drug-likeness (QED) is 0.795. The van der Waals surface area contributed by atoms with Crippen LogP contribution < -0.4 is 0 Å². The fourth-order valence-corrected chi connectivity index (χ4v) is 2.80. The Hall–Kier alpha value is -2.56. The lowest BCUT2D eigenvalue weighted by Gasteiger charge is -2.28. The summed E-state index contributed by atoms with van der Waals surface area (Å²) < 4.78 is 9.80. The van der Waals surface area contributed by atoms with Gasteiger partial charge in [-0.2, -0.15) is 0 Å². The van der Waals surface area contributed by atoms with Gasteiger partial charge in [0.2, 0.25) is 0 Å². The normalized spacial score (nSPS) is 15.0. The Labute approximate surface area is 142 Å². The number of methoxy groups -OCH3 is 2. The van der Waals surface area contributed by atoms with E-state index in [1.54, 1.807) is 24.3 Å². The molecule has 5 nitrogen and oxygen atoms in total. The van der Waals surface area contributed by atoms with E-state index in [9.17, 15) is 9.59 Å². The van der Waals surface area contributed by atoms with Crippen LogP contribution in [0.5, 0.6) is 0 Å². The molecule has 1 aliphatic rings. The largest absolute Gasteiger partial charge is 0.466 e. The lowest BCUT2D eigenvalue weighted by atomic mass is 9.82. The van der Waals surface area contributed by atoms with Gasteiger partial charge in [0.25, 0.3) is 0 Å². The molecule has 0 aromatic heterocycles. The summed E-state index contributed by atoms with van der Waals surface area (Å²) in [5.41, 5.74) is 2.85. The second kappa shape index (κ2) is 7.34. The van der Waals surface area contributed by atoms with Gasteiger partial charge in [-0.25, -0.2) is 9.59 Å². The van der Waals surface area contributed by atoms with Crippen molar-refractivity contribution in [3.8, 4) is 0 Å². The van der Waals surface area contributed by atoms with E-state index in [4.69, 9.17) is 9.47 Å². The van der Waals surface area contributed by atoms with E-state index >= 15 is 0 Å². The number of nitrogens with zero attached hydrogens (tertiary/aromatic N) is 1. The van der Waals surface area contributed by atoms with Crippen molar-refractivity contribution < 1.29 is 19.1 Å². The van der Waals surface area contributed by atoms with Crippen molar-refractivity contribution in [1.82, 2.24) is 4.90 Å². The van der Waals surface area contributed by atoms with Gasteiger partial charge < -0.3 is 14.4 Å². The molecule has 0 fully saturated rings. The summed E-state index contributed by atoms with van der Waals surface area (Å²) in [6, 6.07) is 7.92. The number of benzene rings is 1. The highest BCUT2D eigenvalue weighted by molar-refractivity contribution is 5.98. The van der Waals surface area contributed by atoms with Gasteiger partial charge in [0.05, 0.1) is 31.3 Å². The average Bonchev–Trinajstić information content (AvgIpc) is 2.59. The fourth-order valence-electron chi connectivity index (χ4n) is 2.80. The summed E-state index contributed by atoms with van der Waals surface area (Å²) >= 11 is 0. The van der Waals surface area contributed by atoms with Crippen molar-refractivity contribution in [2.45, 2.75) is 25.7 Å². The number of hydrogen-bond donors (Lipinski definition) is 0. The van der Waals surface area contributed by atoms with Gasteiger partial charge in [0.15, 0.2) is 0 Å². The number of carbonyl (C=O) groups is 2. The zero-order valence-electron chi connectivity index (χ0n) is 14.7. The molecule has 0 aliphatic carbocycles. The molecule has 128 valence electrons. The minimum Gasteiger partial charge on any atom is -0.466 e. The predicted octanol–water partition coefficient (Wildman–Crippen LogP) is 2.95. The minimum absolute atomic E-state index is 0.403. The third-order valence-electron chi connectivity index (χ3n) is 4.09. The van der Waals surface area contributed by atoms with E-state index in [1.165, 1.54) is 19.8 Å². The monoisotopic (exact) mass is 329 g/mol. The number of rotatable bonds is 4. The summed E-state index contributed by atoms with van der Waals surface area (Å²) in [4.78, 5) is 26.1. The Morgan fingerprint density at radius 1 is 0.958 bits per heavy atom. The molecule has 1 heterocycles. The van der Waals surface area contributed by atoms with E-state index in [0.29, 0.717) is 17.1 Å². The number of hydrogen-bond acceptors (Lipinski definition) is 5. The van der Waals surface area contributed by atoms with Crippen molar-refractivity contribution >= 4 is 11.9 Å². The molecule has 0 saturated carbocycles. The third kappa shape index (κ3) is 3.50. The minimum atomic E-state index is -0.512. The van der Waals surface area contributed by atoms with Gasteiger partial charge in [0, 0.05) is 19.4 Å². The molecule has 0 radical (unpaired) electrons. The predicted molar refractivity (Wildman–Crippen MR) is 91.2 cm³/mol. The van der Waals surface area contributed by atoms with Crippen molar-refractivity contribution in [1.29, 1.82) is 0 Å². The average molecular weight is 329 g/mol. The van der Waals surface area contributed by atoms with Gasteiger partial charge in [-0.15, -0.1) is 0 Å². The van der Waals surface area contributed by atoms with Crippen LogP contribution in [-0.2, 0) is 19.1 Å². The van der Waals surface area contributed by atoms with E-state index in [2.05, 4.69) is 13.8 Å². The maximum absolute atomic E-state index is 12.2. The fraction of sp³-hybridized carbons (Fsp3) is 0.368. The van der Waals surface area contributed by atoms with Crippen LogP contribution in [0, 0.1) is 0 Å². The van der Waals surface area contributed by atoms with E-state index < -0.39 is 17.9 Å². The Morgan fingerprint density at radius 3 is 1.79 bits per heavy atom. The van der Waals surface area contributed by atoms with Gasteiger partial charge in [-0.1, -0.05) is 38.1 Å². The van der Waals surface area contributed by atoms with Crippen LogP contribution in [0.25, 0.3) is 0 Å². The van der Waals surface area contributed by atoms with Crippen LogP contribution in [0.4, 0.5) is 0 Å². The van der Waals surface area contributed by atoms with Crippen LogP contribution >= 0.6 is 0 Å². The summed E-state index contributed by atoms with van der Waals surface area (Å²) in [5, 5.41) is 0. The number of carbonyl (C=O) groups excluding carboxylic acids is 2. The highest BCUT2D eigenvalue weighted by Crippen LogP contribution is 2.37. The highest BCUT2D eigenvalue weighted by atomic mass is 16.5. The molecule has 0 atom stereocenters. The molecular weight excluding hydrogens is 306 g/mol.